The summed E-state index contributed by atoms with van der Waals surface area (Å²) in [6.45, 7) is -0.561. The molecular weight excluding hydrogens is 392 g/mol. The fourth-order valence-electron chi connectivity index (χ4n) is 2.82. The Bertz CT molecular complexity index is 1100. The number of methoxy groups -OCH3 is 2. The Labute approximate surface area is 170 Å². The number of hydrogen-bond acceptors (Lipinski definition) is 7. The lowest BCUT2D eigenvalue weighted by Gasteiger charge is -2.10. The number of H-pyrrole nitrogens is 1. The number of para-hydroxylation sites is 1. The number of anilines is 1. The van der Waals surface area contributed by atoms with Crippen LogP contribution in [0.5, 0.6) is 0 Å². The molecule has 0 spiro atoms. The molecule has 0 fully saturated rings. The van der Waals surface area contributed by atoms with Crippen molar-refractivity contribution in [2.45, 2.75) is 0 Å². The maximum Gasteiger partial charge on any atom is 0.340 e. The Morgan fingerprint density at radius 2 is 1.53 bits per heavy atom. The highest BCUT2D eigenvalue weighted by atomic mass is 16.5. The Morgan fingerprint density at radius 1 is 0.900 bits per heavy atom. The molecule has 1 heterocycles. The van der Waals surface area contributed by atoms with Gasteiger partial charge in [0.05, 0.1) is 30.9 Å². The van der Waals surface area contributed by atoms with Gasteiger partial charge in [0.2, 0.25) is 0 Å². The van der Waals surface area contributed by atoms with Crippen LogP contribution in [0, 0.1) is 0 Å². The summed E-state index contributed by atoms with van der Waals surface area (Å²) < 4.78 is 14.4. The molecule has 0 unspecified atom stereocenters. The van der Waals surface area contributed by atoms with E-state index in [0.717, 1.165) is 5.52 Å². The molecular formula is C21H18N2O7. The van der Waals surface area contributed by atoms with Crippen LogP contribution in [0.4, 0.5) is 5.69 Å². The van der Waals surface area contributed by atoms with E-state index in [-0.39, 0.29) is 16.8 Å². The van der Waals surface area contributed by atoms with Crippen molar-refractivity contribution >= 4 is 40.4 Å². The molecule has 154 valence electrons. The number of aromatic amines is 1. The molecule has 0 atom stereocenters. The number of rotatable bonds is 6. The van der Waals surface area contributed by atoms with Gasteiger partial charge in [-0.15, -0.1) is 0 Å². The third kappa shape index (κ3) is 4.46. The molecule has 9 nitrogen and oxygen atoms in total. The number of esters is 3. The third-order valence-electron chi connectivity index (χ3n) is 4.20. The summed E-state index contributed by atoms with van der Waals surface area (Å²) in [6.07, 6.45) is 1.51. The minimum atomic E-state index is -0.693. The van der Waals surface area contributed by atoms with Gasteiger partial charge < -0.3 is 24.5 Å². The van der Waals surface area contributed by atoms with E-state index >= 15 is 0 Å². The quantitative estimate of drug-likeness (QED) is 0.473. The van der Waals surface area contributed by atoms with Gasteiger partial charge in [0.15, 0.2) is 6.61 Å². The highest BCUT2D eigenvalue weighted by Crippen LogP contribution is 2.19. The van der Waals surface area contributed by atoms with E-state index in [1.807, 2.05) is 12.1 Å². The number of aromatic nitrogens is 1. The van der Waals surface area contributed by atoms with Crippen LogP contribution >= 0.6 is 0 Å². The number of hydrogen-bond donors (Lipinski definition) is 2. The molecule has 1 amide bonds. The molecule has 0 aliphatic carbocycles. The molecule has 0 saturated heterocycles. The summed E-state index contributed by atoms with van der Waals surface area (Å²) >= 11 is 0. The zero-order valence-electron chi connectivity index (χ0n) is 16.2. The number of nitrogens with one attached hydrogen (secondary N) is 2. The first-order valence-corrected chi connectivity index (χ1v) is 8.77. The van der Waals surface area contributed by atoms with Crippen molar-refractivity contribution in [3.8, 4) is 0 Å². The van der Waals surface area contributed by atoms with Gasteiger partial charge in [-0.2, -0.15) is 0 Å². The predicted molar refractivity (Wildman–Crippen MR) is 106 cm³/mol. The molecule has 3 rings (SSSR count). The molecule has 0 radical (unpaired) electrons. The summed E-state index contributed by atoms with van der Waals surface area (Å²) in [5.74, 6) is -2.70. The summed E-state index contributed by atoms with van der Waals surface area (Å²) in [6, 6.07) is 11.1. The van der Waals surface area contributed by atoms with Crippen molar-refractivity contribution in [3.63, 3.8) is 0 Å². The van der Waals surface area contributed by atoms with Crippen molar-refractivity contribution in [1.82, 2.24) is 4.98 Å². The average Bonchev–Trinajstić information content (AvgIpc) is 3.20. The number of benzene rings is 2. The van der Waals surface area contributed by atoms with Crippen LogP contribution in [0.3, 0.4) is 0 Å². The SMILES string of the molecule is COC(=O)c1cc(NC(=O)COC(=O)c2c[nH]c3ccccc23)cc(C(=O)OC)c1. The fraction of sp³-hybridized carbons (Fsp3) is 0.143. The highest BCUT2D eigenvalue weighted by molar-refractivity contribution is 6.05. The first kappa shape index (κ1) is 20.6. The van der Waals surface area contributed by atoms with E-state index in [0.29, 0.717) is 10.9 Å². The van der Waals surface area contributed by atoms with Gasteiger partial charge >= 0.3 is 17.9 Å². The van der Waals surface area contributed by atoms with E-state index in [1.54, 1.807) is 12.1 Å². The molecule has 2 N–H and O–H groups in total. The lowest BCUT2D eigenvalue weighted by molar-refractivity contribution is -0.119. The molecule has 30 heavy (non-hydrogen) atoms. The number of amides is 1. The molecule has 2 aromatic carbocycles. The number of ether oxygens (including phenoxy) is 3. The standard InChI is InChI=1S/C21H18N2O7/c1-28-19(25)12-7-13(20(26)29-2)9-14(8-12)23-18(24)11-30-21(27)16-10-22-17-6-4-3-5-15(16)17/h3-10,22H,11H2,1-2H3,(H,23,24). The Kier molecular flexibility index (Phi) is 6.11. The summed E-state index contributed by atoms with van der Waals surface area (Å²) in [5.41, 5.74) is 1.31. The molecule has 0 bridgehead atoms. The molecule has 9 heteroatoms. The molecule has 1 aromatic heterocycles. The lowest BCUT2D eigenvalue weighted by atomic mass is 10.1. The first-order valence-electron chi connectivity index (χ1n) is 8.77. The Morgan fingerprint density at radius 3 is 2.17 bits per heavy atom. The van der Waals surface area contributed by atoms with Gasteiger partial charge in [-0.3, -0.25) is 4.79 Å². The highest BCUT2D eigenvalue weighted by Gasteiger charge is 2.17. The smallest absolute Gasteiger partial charge is 0.340 e. The average molecular weight is 410 g/mol. The van der Waals surface area contributed by atoms with E-state index in [9.17, 15) is 19.2 Å². The lowest BCUT2D eigenvalue weighted by Crippen LogP contribution is -2.21. The normalized spacial score (nSPS) is 10.3. The van der Waals surface area contributed by atoms with E-state index in [2.05, 4.69) is 19.8 Å². The van der Waals surface area contributed by atoms with Crippen LogP contribution < -0.4 is 5.32 Å². The summed E-state index contributed by atoms with van der Waals surface area (Å²) in [5, 5.41) is 3.16. The first-order chi connectivity index (χ1) is 14.4. The third-order valence-corrected chi connectivity index (χ3v) is 4.20. The van der Waals surface area contributed by atoms with Crippen LogP contribution in [0.25, 0.3) is 10.9 Å². The zero-order valence-corrected chi connectivity index (χ0v) is 16.2. The van der Waals surface area contributed by atoms with Gasteiger partial charge in [0.1, 0.15) is 0 Å². The van der Waals surface area contributed by atoms with Crippen molar-refractivity contribution in [1.29, 1.82) is 0 Å². The maximum absolute atomic E-state index is 12.3. The van der Waals surface area contributed by atoms with E-state index < -0.39 is 30.4 Å². The van der Waals surface area contributed by atoms with Crippen LogP contribution in [-0.4, -0.2) is 49.6 Å². The van der Waals surface area contributed by atoms with Crippen molar-refractivity contribution < 1.29 is 33.4 Å². The largest absolute Gasteiger partial charge is 0.465 e. The van der Waals surface area contributed by atoms with Crippen LogP contribution in [0.2, 0.25) is 0 Å². The summed E-state index contributed by atoms with van der Waals surface area (Å²) in [7, 11) is 2.38. The van der Waals surface area contributed by atoms with Crippen LogP contribution in [-0.2, 0) is 19.0 Å². The second kappa shape index (κ2) is 8.91. The molecule has 0 aliphatic heterocycles. The molecule has 0 aliphatic rings. The molecule has 3 aromatic rings. The van der Waals surface area contributed by atoms with E-state index in [4.69, 9.17) is 4.74 Å². The van der Waals surface area contributed by atoms with Gasteiger partial charge in [-0.25, -0.2) is 14.4 Å². The van der Waals surface area contributed by atoms with Gasteiger partial charge in [-0.05, 0) is 24.3 Å². The Balaban J connectivity index is 1.70. The van der Waals surface area contributed by atoms with E-state index in [1.165, 1.54) is 38.6 Å². The van der Waals surface area contributed by atoms with Crippen LogP contribution in [0.15, 0.2) is 48.7 Å². The number of fused-ring (bicyclic) bond motifs is 1. The second-order valence-corrected chi connectivity index (χ2v) is 6.15. The topological polar surface area (TPSA) is 124 Å². The second-order valence-electron chi connectivity index (χ2n) is 6.15. The van der Waals surface area contributed by atoms with Crippen LogP contribution in [0.1, 0.15) is 31.1 Å². The monoisotopic (exact) mass is 410 g/mol. The minimum absolute atomic E-state index is 0.0477. The minimum Gasteiger partial charge on any atom is -0.465 e. The fourth-order valence-corrected chi connectivity index (χ4v) is 2.82. The maximum atomic E-state index is 12.3. The van der Waals surface area contributed by atoms with Gasteiger partial charge in [-0.1, -0.05) is 18.2 Å². The van der Waals surface area contributed by atoms with Gasteiger partial charge in [0, 0.05) is 22.8 Å². The molecule has 0 saturated carbocycles. The van der Waals surface area contributed by atoms with Crippen molar-refractivity contribution in [2.75, 3.05) is 26.1 Å². The summed E-state index contributed by atoms with van der Waals surface area (Å²) in [4.78, 5) is 51.1. The number of carbonyl (C=O) groups is 4. The Hall–Kier alpha value is -4.14. The van der Waals surface area contributed by atoms with Crippen molar-refractivity contribution in [2.24, 2.45) is 0 Å². The van der Waals surface area contributed by atoms with Gasteiger partial charge in [0.25, 0.3) is 5.91 Å². The number of carbonyl (C=O) groups excluding carboxylic acids is 4. The van der Waals surface area contributed by atoms with Crippen molar-refractivity contribution in [3.05, 3.63) is 65.4 Å². The predicted octanol–water partition coefficient (Wildman–Crippen LogP) is 2.54. The zero-order chi connectivity index (χ0) is 21.7.